The number of hydrogen-bond acceptors (Lipinski definition) is 3. The summed E-state index contributed by atoms with van der Waals surface area (Å²) in [4.78, 5) is 4.19. The summed E-state index contributed by atoms with van der Waals surface area (Å²) in [5.74, 6) is 0.792. The van der Waals surface area contributed by atoms with Gasteiger partial charge in [0.05, 0.1) is 5.60 Å². The molecule has 0 amide bonds. The fourth-order valence-electron chi connectivity index (χ4n) is 3.05. The standard InChI is InChI=1S/C14H22N2O/c1-3-11-6-4-5-7-14(11,17)12-8-10(2)9-16-13(12)15/h8-9,11,17H,3-7H2,1-2H3,(H2,15,16). The van der Waals surface area contributed by atoms with E-state index in [0.29, 0.717) is 11.7 Å². The number of nitrogens with two attached hydrogens (primary N) is 1. The first-order chi connectivity index (χ1) is 8.08. The number of aromatic nitrogens is 1. The third-order valence-corrected chi connectivity index (χ3v) is 4.05. The largest absolute Gasteiger partial charge is 0.385 e. The minimum Gasteiger partial charge on any atom is -0.385 e. The van der Waals surface area contributed by atoms with E-state index in [1.54, 1.807) is 6.20 Å². The fraction of sp³-hybridized carbons (Fsp3) is 0.643. The Morgan fingerprint density at radius 1 is 1.53 bits per heavy atom. The molecule has 0 spiro atoms. The van der Waals surface area contributed by atoms with E-state index >= 15 is 0 Å². The molecule has 0 aromatic carbocycles. The Hall–Kier alpha value is -1.09. The second-order valence-corrected chi connectivity index (χ2v) is 5.22. The fourth-order valence-corrected chi connectivity index (χ4v) is 3.05. The molecule has 3 N–H and O–H groups in total. The second-order valence-electron chi connectivity index (χ2n) is 5.22. The first-order valence-corrected chi connectivity index (χ1v) is 6.53. The summed E-state index contributed by atoms with van der Waals surface area (Å²) < 4.78 is 0. The molecule has 1 aromatic heterocycles. The summed E-state index contributed by atoms with van der Waals surface area (Å²) in [6, 6.07) is 2.00. The lowest BCUT2D eigenvalue weighted by molar-refractivity contribution is -0.0553. The molecule has 3 heteroatoms. The first kappa shape index (κ1) is 12.4. The predicted molar refractivity (Wildman–Crippen MR) is 69.5 cm³/mol. The van der Waals surface area contributed by atoms with E-state index in [0.717, 1.165) is 36.8 Å². The van der Waals surface area contributed by atoms with Crippen molar-refractivity contribution in [3.8, 4) is 0 Å². The second kappa shape index (κ2) is 4.65. The Labute approximate surface area is 103 Å². The van der Waals surface area contributed by atoms with Crippen LogP contribution in [0.25, 0.3) is 0 Å². The molecule has 1 aliphatic carbocycles. The summed E-state index contributed by atoms with van der Waals surface area (Å²) in [7, 11) is 0. The molecule has 3 nitrogen and oxygen atoms in total. The highest BCUT2D eigenvalue weighted by molar-refractivity contribution is 5.45. The number of anilines is 1. The number of pyridine rings is 1. The van der Waals surface area contributed by atoms with Gasteiger partial charge in [0, 0.05) is 11.8 Å². The van der Waals surface area contributed by atoms with Crippen molar-refractivity contribution in [1.82, 2.24) is 4.98 Å². The molecule has 2 rings (SSSR count). The molecule has 1 aromatic rings. The van der Waals surface area contributed by atoms with Gasteiger partial charge in [-0.05, 0) is 37.3 Å². The highest BCUT2D eigenvalue weighted by atomic mass is 16.3. The lowest BCUT2D eigenvalue weighted by Gasteiger charge is -2.40. The van der Waals surface area contributed by atoms with Crippen LogP contribution in [0.15, 0.2) is 12.3 Å². The van der Waals surface area contributed by atoms with Gasteiger partial charge in [-0.1, -0.05) is 26.2 Å². The molecule has 2 atom stereocenters. The molecule has 0 bridgehead atoms. The molecular weight excluding hydrogens is 212 g/mol. The molecule has 1 fully saturated rings. The summed E-state index contributed by atoms with van der Waals surface area (Å²) in [6.45, 7) is 4.13. The lowest BCUT2D eigenvalue weighted by atomic mass is 9.70. The summed E-state index contributed by atoms with van der Waals surface area (Å²) in [6.07, 6.45) is 6.91. The minimum atomic E-state index is -0.768. The van der Waals surface area contributed by atoms with Gasteiger partial charge < -0.3 is 10.8 Å². The topological polar surface area (TPSA) is 59.1 Å². The van der Waals surface area contributed by atoms with Crippen molar-refractivity contribution in [3.05, 3.63) is 23.4 Å². The van der Waals surface area contributed by atoms with Gasteiger partial charge in [-0.25, -0.2) is 4.98 Å². The van der Waals surface area contributed by atoms with E-state index < -0.39 is 5.60 Å². The van der Waals surface area contributed by atoms with E-state index in [9.17, 15) is 5.11 Å². The SMILES string of the molecule is CCC1CCCCC1(O)c1cc(C)cnc1N. The number of aliphatic hydroxyl groups is 1. The minimum absolute atomic E-state index is 0.308. The van der Waals surface area contributed by atoms with Crippen LogP contribution >= 0.6 is 0 Å². The molecule has 1 heterocycles. The zero-order valence-electron chi connectivity index (χ0n) is 10.7. The Balaban J connectivity index is 2.44. The third-order valence-electron chi connectivity index (χ3n) is 4.05. The summed E-state index contributed by atoms with van der Waals surface area (Å²) in [5.41, 5.74) is 7.08. The van der Waals surface area contributed by atoms with Crippen molar-refractivity contribution in [1.29, 1.82) is 0 Å². The van der Waals surface area contributed by atoms with E-state index in [2.05, 4.69) is 11.9 Å². The zero-order valence-corrected chi connectivity index (χ0v) is 10.7. The van der Waals surface area contributed by atoms with Crippen LogP contribution in [0.3, 0.4) is 0 Å². The van der Waals surface area contributed by atoms with Crippen LogP contribution in [0.5, 0.6) is 0 Å². The highest BCUT2D eigenvalue weighted by Gasteiger charge is 2.40. The summed E-state index contributed by atoms with van der Waals surface area (Å²) in [5, 5.41) is 11.0. The van der Waals surface area contributed by atoms with Gasteiger partial charge in [-0.2, -0.15) is 0 Å². The number of hydrogen-bond donors (Lipinski definition) is 2. The molecule has 1 saturated carbocycles. The van der Waals surface area contributed by atoms with Crippen molar-refractivity contribution in [2.45, 2.75) is 51.6 Å². The summed E-state index contributed by atoms with van der Waals surface area (Å²) >= 11 is 0. The van der Waals surface area contributed by atoms with Gasteiger partial charge >= 0.3 is 0 Å². The number of nitrogens with zero attached hydrogens (tertiary/aromatic N) is 1. The van der Waals surface area contributed by atoms with Crippen molar-refractivity contribution < 1.29 is 5.11 Å². The molecule has 94 valence electrons. The van der Waals surface area contributed by atoms with Crippen molar-refractivity contribution in [2.75, 3.05) is 5.73 Å². The Kier molecular flexibility index (Phi) is 3.38. The van der Waals surface area contributed by atoms with Crippen LogP contribution in [-0.4, -0.2) is 10.1 Å². The first-order valence-electron chi connectivity index (χ1n) is 6.53. The van der Waals surface area contributed by atoms with E-state index in [1.165, 1.54) is 6.42 Å². The van der Waals surface area contributed by atoms with Crippen LogP contribution in [-0.2, 0) is 5.60 Å². The molecule has 1 aliphatic rings. The Bertz CT molecular complexity index is 405. The maximum absolute atomic E-state index is 11.0. The maximum atomic E-state index is 11.0. The van der Waals surface area contributed by atoms with Gasteiger partial charge in [0.2, 0.25) is 0 Å². The number of rotatable bonds is 2. The van der Waals surface area contributed by atoms with Gasteiger partial charge in [-0.3, -0.25) is 0 Å². The van der Waals surface area contributed by atoms with Crippen molar-refractivity contribution >= 4 is 5.82 Å². The van der Waals surface area contributed by atoms with E-state index in [4.69, 9.17) is 5.73 Å². The predicted octanol–water partition coefficient (Wildman–Crippen LogP) is 2.76. The quantitative estimate of drug-likeness (QED) is 0.827. The lowest BCUT2D eigenvalue weighted by Crippen LogP contribution is -2.38. The van der Waals surface area contributed by atoms with Crippen molar-refractivity contribution in [2.24, 2.45) is 5.92 Å². The van der Waals surface area contributed by atoms with Crippen molar-refractivity contribution in [3.63, 3.8) is 0 Å². The van der Waals surface area contributed by atoms with Gasteiger partial charge in [-0.15, -0.1) is 0 Å². The van der Waals surface area contributed by atoms with Gasteiger partial charge in [0.25, 0.3) is 0 Å². The Morgan fingerprint density at radius 2 is 2.29 bits per heavy atom. The highest BCUT2D eigenvalue weighted by Crippen LogP contribution is 2.44. The molecule has 0 aliphatic heterocycles. The maximum Gasteiger partial charge on any atom is 0.129 e. The average Bonchev–Trinajstić information content (AvgIpc) is 2.33. The third kappa shape index (κ3) is 2.16. The van der Waals surface area contributed by atoms with Crippen LogP contribution < -0.4 is 5.73 Å². The zero-order chi connectivity index (χ0) is 12.5. The molecule has 0 radical (unpaired) electrons. The number of aryl methyl sites for hydroxylation is 1. The normalized spacial score (nSPS) is 29.2. The molecule has 2 unspecified atom stereocenters. The number of nitrogen functional groups attached to an aromatic ring is 1. The molecular formula is C14H22N2O. The van der Waals surface area contributed by atoms with Crippen LogP contribution in [0.1, 0.15) is 50.2 Å². The van der Waals surface area contributed by atoms with Crippen LogP contribution in [0, 0.1) is 12.8 Å². The van der Waals surface area contributed by atoms with Crippen LogP contribution in [0.2, 0.25) is 0 Å². The smallest absolute Gasteiger partial charge is 0.129 e. The van der Waals surface area contributed by atoms with Crippen LogP contribution in [0.4, 0.5) is 5.82 Å². The van der Waals surface area contributed by atoms with E-state index in [-0.39, 0.29) is 0 Å². The molecule has 0 saturated heterocycles. The molecule has 17 heavy (non-hydrogen) atoms. The van der Waals surface area contributed by atoms with Gasteiger partial charge in [0.15, 0.2) is 0 Å². The average molecular weight is 234 g/mol. The van der Waals surface area contributed by atoms with E-state index in [1.807, 2.05) is 13.0 Å². The monoisotopic (exact) mass is 234 g/mol. The Morgan fingerprint density at radius 3 is 3.00 bits per heavy atom. The van der Waals surface area contributed by atoms with Gasteiger partial charge in [0.1, 0.15) is 5.82 Å².